The fourth-order valence-electron chi connectivity index (χ4n) is 1.07. The number of hydrogen-bond acceptors (Lipinski definition) is 8. The number of methoxy groups -OCH3 is 2. The number of hydrogen-bond donors (Lipinski definition) is 0. The monoisotopic (exact) mass is 298 g/mol. The molecule has 1 aromatic rings. The minimum Gasteiger partial charge on any atom is -0.465 e. The third kappa shape index (κ3) is 4.05. The molecule has 0 unspecified atom stereocenters. The lowest BCUT2D eigenvalue weighted by Gasteiger charge is -2.02. The number of rotatable bonds is 5. The number of carbonyl (C=O) groups excluding carboxylic acids is 2. The molecule has 0 radical (unpaired) electrons. The first-order valence-electron chi connectivity index (χ1n) is 5.13. The largest absolute Gasteiger partial charge is 0.465 e. The molecule has 0 saturated heterocycles. The smallest absolute Gasteiger partial charge is 0.345 e. The van der Waals surface area contributed by atoms with Gasteiger partial charge in [0.05, 0.1) is 19.1 Å². The molecule has 0 bridgehead atoms. The quantitative estimate of drug-likeness (QED) is 0.152. The summed E-state index contributed by atoms with van der Waals surface area (Å²) >= 11 is 0.939. The lowest BCUT2D eigenvalue weighted by atomic mass is 10.3. The van der Waals surface area contributed by atoms with Gasteiger partial charge in [-0.1, -0.05) is 11.8 Å². The molecule has 1 heterocycles. The molecule has 0 aliphatic rings. The van der Waals surface area contributed by atoms with Crippen LogP contribution in [0.3, 0.4) is 0 Å². The lowest BCUT2D eigenvalue weighted by Crippen LogP contribution is -2.15. The van der Waals surface area contributed by atoms with Crippen molar-refractivity contribution in [2.45, 2.75) is 5.03 Å². The summed E-state index contributed by atoms with van der Waals surface area (Å²) in [6, 6.07) is 2.66. The number of nitro groups is 1. The van der Waals surface area contributed by atoms with Gasteiger partial charge in [0.2, 0.25) is 0 Å². The second kappa shape index (κ2) is 7.24. The molecule has 8 nitrogen and oxygen atoms in total. The Bertz CT molecular complexity index is 537. The number of carbonyl (C=O) groups is 2. The van der Waals surface area contributed by atoms with Crippen molar-refractivity contribution in [3.63, 3.8) is 0 Å². The Morgan fingerprint density at radius 3 is 2.30 bits per heavy atom. The summed E-state index contributed by atoms with van der Waals surface area (Å²) in [7, 11) is 2.27. The SMILES string of the molecule is COC(=O)C(=CSc1ccc([N+](=O)[O-])cn1)C(=O)OC. The Hall–Kier alpha value is -2.42. The van der Waals surface area contributed by atoms with E-state index in [0.29, 0.717) is 5.03 Å². The predicted octanol–water partition coefficient (Wildman–Crippen LogP) is 1.31. The molecule has 0 N–H and O–H groups in total. The summed E-state index contributed by atoms with van der Waals surface area (Å²) in [5, 5.41) is 12.0. The number of thioether (sulfide) groups is 1. The zero-order valence-electron chi connectivity index (χ0n) is 10.6. The molecule has 0 amide bonds. The van der Waals surface area contributed by atoms with Crippen LogP contribution in [0.15, 0.2) is 34.3 Å². The number of ether oxygens (including phenoxy) is 2. The van der Waals surface area contributed by atoms with Crippen LogP contribution in [-0.2, 0) is 19.1 Å². The molecule has 0 fully saturated rings. The van der Waals surface area contributed by atoms with Gasteiger partial charge >= 0.3 is 11.9 Å². The van der Waals surface area contributed by atoms with E-state index < -0.39 is 16.9 Å². The molecule has 0 saturated carbocycles. The van der Waals surface area contributed by atoms with Crippen LogP contribution >= 0.6 is 11.8 Å². The Balaban J connectivity index is 2.89. The van der Waals surface area contributed by atoms with Crippen molar-refractivity contribution >= 4 is 29.4 Å². The van der Waals surface area contributed by atoms with Gasteiger partial charge in [-0.3, -0.25) is 10.1 Å². The topological polar surface area (TPSA) is 109 Å². The van der Waals surface area contributed by atoms with Gasteiger partial charge in [0, 0.05) is 6.07 Å². The van der Waals surface area contributed by atoms with Crippen LogP contribution in [0.25, 0.3) is 0 Å². The third-order valence-electron chi connectivity index (χ3n) is 2.04. The van der Waals surface area contributed by atoms with E-state index in [1.807, 2.05) is 0 Å². The zero-order valence-corrected chi connectivity index (χ0v) is 11.4. The molecule has 20 heavy (non-hydrogen) atoms. The van der Waals surface area contributed by atoms with Gasteiger partial charge < -0.3 is 9.47 Å². The molecule has 0 aliphatic carbocycles. The Morgan fingerprint density at radius 2 is 1.90 bits per heavy atom. The van der Waals surface area contributed by atoms with E-state index in [9.17, 15) is 19.7 Å². The second-order valence-electron chi connectivity index (χ2n) is 3.24. The molecule has 9 heteroatoms. The van der Waals surface area contributed by atoms with E-state index in [0.717, 1.165) is 32.2 Å². The van der Waals surface area contributed by atoms with Crippen molar-refractivity contribution < 1.29 is 24.0 Å². The van der Waals surface area contributed by atoms with Gasteiger partial charge in [-0.2, -0.15) is 0 Å². The zero-order chi connectivity index (χ0) is 15.1. The molecule has 0 spiro atoms. The lowest BCUT2D eigenvalue weighted by molar-refractivity contribution is -0.385. The Labute approximate surface area is 117 Å². The number of esters is 2. The van der Waals surface area contributed by atoms with E-state index in [1.54, 1.807) is 0 Å². The van der Waals surface area contributed by atoms with Gasteiger partial charge in [0.25, 0.3) is 5.69 Å². The van der Waals surface area contributed by atoms with Crippen LogP contribution in [0, 0.1) is 10.1 Å². The van der Waals surface area contributed by atoms with Crippen LogP contribution in [-0.4, -0.2) is 36.1 Å². The fourth-order valence-corrected chi connectivity index (χ4v) is 1.76. The summed E-state index contributed by atoms with van der Waals surface area (Å²) in [6.45, 7) is 0. The number of pyridine rings is 1. The summed E-state index contributed by atoms with van der Waals surface area (Å²) in [5.41, 5.74) is -0.445. The predicted molar refractivity (Wildman–Crippen MR) is 68.9 cm³/mol. The van der Waals surface area contributed by atoms with E-state index in [2.05, 4.69) is 14.5 Å². The Kier molecular flexibility index (Phi) is 5.66. The molecular weight excluding hydrogens is 288 g/mol. The van der Waals surface area contributed by atoms with Crippen molar-refractivity contribution in [2.24, 2.45) is 0 Å². The summed E-state index contributed by atoms with van der Waals surface area (Å²) in [4.78, 5) is 36.4. The maximum atomic E-state index is 11.4. The molecule has 0 atom stereocenters. The maximum absolute atomic E-state index is 11.4. The summed E-state index contributed by atoms with van der Waals surface area (Å²) in [6.07, 6.45) is 1.08. The standard InChI is InChI=1S/C11H10N2O6S/c1-18-10(14)8(11(15)19-2)6-20-9-4-3-7(5-12-9)13(16)17/h3-6H,1-2H3. The van der Waals surface area contributed by atoms with Crippen LogP contribution in [0.2, 0.25) is 0 Å². The molecule has 106 valence electrons. The molecule has 0 aliphatic heterocycles. The average Bonchev–Trinajstić information content (AvgIpc) is 2.47. The van der Waals surface area contributed by atoms with Crippen LogP contribution in [0.1, 0.15) is 0 Å². The highest BCUT2D eigenvalue weighted by Crippen LogP contribution is 2.21. The molecular formula is C11H10N2O6S. The maximum Gasteiger partial charge on any atom is 0.345 e. The highest BCUT2D eigenvalue weighted by atomic mass is 32.2. The molecule has 1 aromatic heterocycles. The van der Waals surface area contributed by atoms with Crippen molar-refractivity contribution in [3.05, 3.63) is 39.4 Å². The van der Waals surface area contributed by atoms with Crippen LogP contribution in [0.5, 0.6) is 0 Å². The van der Waals surface area contributed by atoms with Crippen LogP contribution < -0.4 is 0 Å². The van der Waals surface area contributed by atoms with Crippen LogP contribution in [0.4, 0.5) is 5.69 Å². The van der Waals surface area contributed by atoms with Gasteiger partial charge in [0.1, 0.15) is 11.2 Å². The van der Waals surface area contributed by atoms with Gasteiger partial charge in [-0.25, -0.2) is 14.6 Å². The molecule has 0 aromatic carbocycles. The molecule has 1 rings (SSSR count). The summed E-state index contributed by atoms with van der Waals surface area (Å²) < 4.78 is 8.89. The first-order valence-corrected chi connectivity index (χ1v) is 6.01. The van der Waals surface area contributed by atoms with E-state index in [4.69, 9.17) is 0 Å². The van der Waals surface area contributed by atoms with Gasteiger partial charge in [-0.15, -0.1) is 0 Å². The minimum atomic E-state index is -0.841. The van der Waals surface area contributed by atoms with Crippen molar-refractivity contribution in [2.75, 3.05) is 14.2 Å². The van der Waals surface area contributed by atoms with Gasteiger partial charge in [0.15, 0.2) is 5.57 Å². The van der Waals surface area contributed by atoms with Crippen molar-refractivity contribution in [3.8, 4) is 0 Å². The Morgan fingerprint density at radius 1 is 1.30 bits per heavy atom. The summed E-state index contributed by atoms with van der Waals surface area (Å²) in [5.74, 6) is -1.68. The minimum absolute atomic E-state index is 0.153. The highest BCUT2D eigenvalue weighted by Gasteiger charge is 2.19. The van der Waals surface area contributed by atoms with Crippen molar-refractivity contribution in [1.29, 1.82) is 0 Å². The number of aromatic nitrogens is 1. The third-order valence-corrected chi connectivity index (χ3v) is 2.88. The number of nitrogens with zero attached hydrogens (tertiary/aromatic N) is 2. The second-order valence-corrected chi connectivity index (χ2v) is 4.13. The van der Waals surface area contributed by atoms with Gasteiger partial charge in [-0.05, 0) is 11.5 Å². The van der Waals surface area contributed by atoms with E-state index in [1.165, 1.54) is 17.5 Å². The average molecular weight is 298 g/mol. The highest BCUT2D eigenvalue weighted by molar-refractivity contribution is 8.02. The van der Waals surface area contributed by atoms with Crippen molar-refractivity contribution in [1.82, 2.24) is 4.98 Å². The first kappa shape index (κ1) is 15.6. The van der Waals surface area contributed by atoms with E-state index >= 15 is 0 Å². The normalized spacial score (nSPS) is 9.50. The first-order chi connectivity index (χ1) is 9.49. The fraction of sp³-hybridized carbons (Fsp3) is 0.182. The van der Waals surface area contributed by atoms with E-state index in [-0.39, 0.29) is 11.3 Å².